The van der Waals surface area contributed by atoms with Crippen LogP contribution in [0.4, 0.5) is 0 Å². The third kappa shape index (κ3) is 3.61. The van der Waals surface area contributed by atoms with Crippen molar-refractivity contribution in [1.82, 2.24) is 9.21 Å². The Morgan fingerprint density at radius 2 is 1.72 bits per heavy atom. The van der Waals surface area contributed by atoms with E-state index in [0.29, 0.717) is 12.1 Å². The van der Waals surface area contributed by atoms with Crippen LogP contribution in [-0.4, -0.2) is 44.2 Å². The minimum atomic E-state index is -3.52. The van der Waals surface area contributed by atoms with Crippen LogP contribution in [0, 0.1) is 0 Å². The molecule has 0 bridgehead atoms. The summed E-state index contributed by atoms with van der Waals surface area (Å²) in [7, 11) is -0.538. The third-order valence-electron chi connectivity index (χ3n) is 5.22. The molecule has 2 aromatic carbocycles. The van der Waals surface area contributed by atoms with Crippen molar-refractivity contribution in [1.29, 1.82) is 0 Å². The van der Waals surface area contributed by atoms with Crippen LogP contribution in [0.15, 0.2) is 70.9 Å². The van der Waals surface area contributed by atoms with Gasteiger partial charge in [0.2, 0.25) is 10.0 Å². The zero-order chi connectivity index (χ0) is 20.6. The summed E-state index contributed by atoms with van der Waals surface area (Å²) < 4.78 is 25.7. The molecule has 1 amide bonds. The van der Waals surface area contributed by atoms with Crippen LogP contribution in [0.3, 0.4) is 0 Å². The number of thiophene rings is 1. The van der Waals surface area contributed by atoms with Crippen molar-refractivity contribution in [2.45, 2.75) is 17.4 Å². The van der Waals surface area contributed by atoms with Crippen molar-refractivity contribution in [3.05, 3.63) is 87.6 Å². The molecule has 0 spiro atoms. The summed E-state index contributed by atoms with van der Waals surface area (Å²) in [6.07, 6.45) is 0.829. The number of nitrogens with zero attached hydrogens (tertiary/aromatic N) is 2. The largest absolute Gasteiger partial charge is 0.327 e. The summed E-state index contributed by atoms with van der Waals surface area (Å²) in [4.78, 5) is 16.8. The van der Waals surface area contributed by atoms with Gasteiger partial charge in [-0.2, -0.15) is 0 Å². The number of hydrogen-bond acceptors (Lipinski definition) is 4. The van der Waals surface area contributed by atoms with Crippen molar-refractivity contribution >= 4 is 27.3 Å². The maximum absolute atomic E-state index is 13.4. The molecular weight excluding hydrogens is 404 g/mol. The average molecular weight is 427 g/mol. The Bertz CT molecular complexity index is 1120. The predicted molar refractivity (Wildman–Crippen MR) is 115 cm³/mol. The highest BCUT2D eigenvalue weighted by molar-refractivity contribution is 7.89. The fraction of sp³-hybridized carbons (Fsp3) is 0.227. The van der Waals surface area contributed by atoms with Crippen LogP contribution in [0.1, 0.15) is 32.4 Å². The summed E-state index contributed by atoms with van der Waals surface area (Å²) >= 11 is 1.73. The first-order chi connectivity index (χ1) is 13.9. The molecule has 4 rings (SSSR count). The average Bonchev–Trinajstić information content (AvgIpc) is 3.22. The Morgan fingerprint density at radius 1 is 1.03 bits per heavy atom. The highest BCUT2D eigenvalue weighted by Crippen LogP contribution is 2.38. The number of benzene rings is 2. The van der Waals surface area contributed by atoms with Crippen molar-refractivity contribution in [2.75, 3.05) is 20.6 Å². The summed E-state index contributed by atoms with van der Waals surface area (Å²) in [6, 6.07) is 18.2. The van der Waals surface area contributed by atoms with Crippen LogP contribution in [-0.2, 0) is 16.4 Å². The Hall–Kier alpha value is -2.48. The predicted octanol–water partition coefficient (Wildman–Crippen LogP) is 3.79. The van der Waals surface area contributed by atoms with Crippen molar-refractivity contribution in [3.63, 3.8) is 0 Å². The zero-order valence-electron chi connectivity index (χ0n) is 16.3. The lowest BCUT2D eigenvalue weighted by Gasteiger charge is -2.36. The zero-order valence-corrected chi connectivity index (χ0v) is 17.9. The van der Waals surface area contributed by atoms with E-state index in [-0.39, 0.29) is 16.8 Å². The van der Waals surface area contributed by atoms with Gasteiger partial charge in [-0.05, 0) is 53.3 Å². The van der Waals surface area contributed by atoms with E-state index in [9.17, 15) is 13.2 Å². The summed E-state index contributed by atoms with van der Waals surface area (Å²) in [5.74, 6) is -0.0931. The van der Waals surface area contributed by atoms with Crippen molar-refractivity contribution in [2.24, 2.45) is 0 Å². The number of sulfonamides is 1. The number of rotatable bonds is 4. The Labute approximate surface area is 175 Å². The number of hydrogen-bond donors (Lipinski definition) is 0. The first-order valence-electron chi connectivity index (χ1n) is 9.34. The summed E-state index contributed by atoms with van der Waals surface area (Å²) in [5, 5.41) is 2.08. The SMILES string of the molecule is CN(C)S(=O)(=O)c1ccc(C(=O)N2CCc3sccc3[C@H]2c2ccccc2)cc1. The first kappa shape index (κ1) is 19.8. The second-order valence-corrected chi connectivity index (χ2v) is 10.3. The monoisotopic (exact) mass is 426 g/mol. The summed E-state index contributed by atoms with van der Waals surface area (Å²) in [5.41, 5.74) is 2.74. The molecule has 0 fully saturated rings. The van der Waals surface area contributed by atoms with Gasteiger partial charge >= 0.3 is 0 Å². The van der Waals surface area contributed by atoms with Crippen LogP contribution in [0.5, 0.6) is 0 Å². The van der Waals surface area contributed by atoms with Gasteiger partial charge in [-0.3, -0.25) is 4.79 Å². The topological polar surface area (TPSA) is 57.7 Å². The quantitative estimate of drug-likeness (QED) is 0.638. The minimum absolute atomic E-state index is 0.0931. The second-order valence-electron chi connectivity index (χ2n) is 7.17. The maximum atomic E-state index is 13.4. The maximum Gasteiger partial charge on any atom is 0.254 e. The van der Waals surface area contributed by atoms with Gasteiger partial charge in [0.05, 0.1) is 10.9 Å². The van der Waals surface area contributed by atoms with Gasteiger partial charge in [0.25, 0.3) is 5.91 Å². The molecule has 0 N–H and O–H groups in total. The smallest absolute Gasteiger partial charge is 0.254 e. The molecule has 2 heterocycles. The van der Waals surface area contributed by atoms with Gasteiger partial charge in [0.1, 0.15) is 0 Å². The number of fused-ring (bicyclic) bond motifs is 1. The molecule has 1 aliphatic rings. The molecule has 1 aliphatic heterocycles. The normalized spacial score (nSPS) is 16.7. The van der Waals surface area contributed by atoms with E-state index in [1.54, 1.807) is 23.5 Å². The van der Waals surface area contributed by atoms with Gasteiger partial charge < -0.3 is 4.90 Å². The van der Waals surface area contributed by atoms with Gasteiger partial charge in [-0.1, -0.05) is 30.3 Å². The fourth-order valence-corrected chi connectivity index (χ4v) is 5.48. The van der Waals surface area contributed by atoms with Crippen LogP contribution < -0.4 is 0 Å². The highest BCUT2D eigenvalue weighted by atomic mass is 32.2. The fourth-order valence-electron chi connectivity index (χ4n) is 3.68. The first-order valence-corrected chi connectivity index (χ1v) is 11.7. The molecule has 0 saturated carbocycles. The van der Waals surface area contributed by atoms with Gasteiger partial charge in [0, 0.05) is 31.1 Å². The van der Waals surface area contributed by atoms with Gasteiger partial charge in [-0.25, -0.2) is 12.7 Å². The van der Waals surface area contributed by atoms with Crippen LogP contribution in [0.25, 0.3) is 0 Å². The molecule has 0 radical (unpaired) electrons. The van der Waals surface area contributed by atoms with Gasteiger partial charge in [-0.15, -0.1) is 11.3 Å². The molecule has 1 aromatic heterocycles. The molecule has 3 aromatic rings. The van der Waals surface area contributed by atoms with E-state index in [1.165, 1.54) is 36.7 Å². The number of carbonyl (C=O) groups excluding carboxylic acids is 1. The molecule has 29 heavy (non-hydrogen) atoms. The van der Waals surface area contributed by atoms with E-state index >= 15 is 0 Å². The van der Waals surface area contributed by atoms with Gasteiger partial charge in [0.15, 0.2) is 0 Å². The third-order valence-corrected chi connectivity index (χ3v) is 8.05. The molecule has 150 valence electrons. The Balaban J connectivity index is 1.69. The van der Waals surface area contributed by atoms with E-state index in [4.69, 9.17) is 0 Å². The number of carbonyl (C=O) groups is 1. The minimum Gasteiger partial charge on any atom is -0.327 e. The van der Waals surface area contributed by atoms with Crippen LogP contribution in [0.2, 0.25) is 0 Å². The molecule has 5 nitrogen and oxygen atoms in total. The van der Waals surface area contributed by atoms with E-state index in [0.717, 1.165) is 16.3 Å². The van der Waals surface area contributed by atoms with Crippen LogP contribution >= 0.6 is 11.3 Å². The summed E-state index contributed by atoms with van der Waals surface area (Å²) in [6.45, 7) is 0.629. The molecule has 7 heteroatoms. The lowest BCUT2D eigenvalue weighted by molar-refractivity contribution is 0.0696. The van der Waals surface area contributed by atoms with E-state index in [1.807, 2.05) is 35.2 Å². The van der Waals surface area contributed by atoms with E-state index in [2.05, 4.69) is 11.4 Å². The molecule has 0 unspecified atom stereocenters. The lowest BCUT2D eigenvalue weighted by atomic mass is 9.92. The molecular formula is C22H22N2O3S2. The molecule has 0 saturated heterocycles. The Kier molecular flexibility index (Phi) is 5.29. The van der Waals surface area contributed by atoms with Crippen molar-refractivity contribution in [3.8, 4) is 0 Å². The Morgan fingerprint density at radius 3 is 2.38 bits per heavy atom. The number of amides is 1. The lowest BCUT2D eigenvalue weighted by Crippen LogP contribution is -2.40. The molecule has 1 atom stereocenters. The second kappa shape index (κ2) is 7.74. The highest BCUT2D eigenvalue weighted by Gasteiger charge is 2.33. The van der Waals surface area contributed by atoms with E-state index < -0.39 is 10.0 Å². The van der Waals surface area contributed by atoms with Crippen molar-refractivity contribution < 1.29 is 13.2 Å². The standard InChI is InChI=1S/C22H22N2O3S2/c1-23(2)29(26,27)18-10-8-17(9-11-18)22(25)24-14-12-20-19(13-15-28-20)21(24)16-6-4-3-5-7-16/h3-11,13,15,21H,12,14H2,1-2H3/t21-/m1/s1. The molecule has 0 aliphatic carbocycles.